The van der Waals surface area contributed by atoms with E-state index in [1.54, 1.807) is 0 Å². The van der Waals surface area contributed by atoms with Crippen LogP contribution in [0.5, 0.6) is 0 Å². The molecule has 0 N–H and O–H groups in total. The summed E-state index contributed by atoms with van der Waals surface area (Å²) in [6.45, 7) is 4.73. The topological polar surface area (TPSA) is 16.4 Å². The smallest absolute Gasteiger partial charge is 0.143 e. The van der Waals surface area contributed by atoms with Crippen LogP contribution in [0.25, 0.3) is 99.1 Å². The normalized spacial score (nSPS) is 12.7. The molecule has 11 aromatic carbocycles. The van der Waals surface area contributed by atoms with E-state index in [-0.39, 0.29) is 5.41 Å². The van der Waals surface area contributed by atoms with Gasteiger partial charge in [-0.1, -0.05) is 196 Å². The third kappa shape index (κ3) is 6.40. The average molecular weight is 856 g/mol. The zero-order chi connectivity index (χ0) is 44.6. The Morgan fingerprint density at radius 2 is 0.881 bits per heavy atom. The highest BCUT2D eigenvalue weighted by atomic mass is 16.3. The summed E-state index contributed by atoms with van der Waals surface area (Å²) >= 11 is 0. The van der Waals surface area contributed by atoms with Crippen LogP contribution >= 0.6 is 0 Å². The summed E-state index contributed by atoms with van der Waals surface area (Å²) in [5.41, 5.74) is 19.7. The van der Waals surface area contributed by atoms with Crippen LogP contribution in [0.3, 0.4) is 0 Å². The number of benzene rings is 11. The van der Waals surface area contributed by atoms with Gasteiger partial charge in [0.05, 0.1) is 5.69 Å². The Morgan fingerprint density at radius 3 is 1.66 bits per heavy atom. The second kappa shape index (κ2) is 15.3. The van der Waals surface area contributed by atoms with Crippen molar-refractivity contribution in [1.29, 1.82) is 0 Å². The minimum absolute atomic E-state index is 0.118. The molecule has 0 aliphatic heterocycles. The highest BCUT2D eigenvalue weighted by Crippen LogP contribution is 2.52. The van der Waals surface area contributed by atoms with Crippen molar-refractivity contribution in [3.63, 3.8) is 0 Å². The second-order valence-corrected chi connectivity index (χ2v) is 18.5. The molecular weight excluding hydrogens is 811 g/mol. The summed E-state index contributed by atoms with van der Waals surface area (Å²) in [5.74, 6) is 0. The van der Waals surface area contributed by atoms with Crippen molar-refractivity contribution in [1.82, 2.24) is 0 Å². The number of nitrogens with zero attached hydrogens (tertiary/aromatic N) is 1. The van der Waals surface area contributed by atoms with Gasteiger partial charge in [0.1, 0.15) is 11.2 Å². The lowest BCUT2D eigenvalue weighted by atomic mass is 9.79. The highest BCUT2D eigenvalue weighted by molar-refractivity contribution is 6.14. The van der Waals surface area contributed by atoms with Gasteiger partial charge in [0, 0.05) is 38.7 Å². The largest absolute Gasteiger partial charge is 0.455 e. The predicted molar refractivity (Wildman–Crippen MR) is 283 cm³/mol. The van der Waals surface area contributed by atoms with Crippen molar-refractivity contribution in [2.45, 2.75) is 19.3 Å². The van der Waals surface area contributed by atoms with Crippen LogP contribution in [0.4, 0.5) is 17.1 Å². The van der Waals surface area contributed by atoms with E-state index in [1.165, 1.54) is 71.6 Å². The Labute approximate surface area is 390 Å². The first-order chi connectivity index (χ1) is 33.0. The zero-order valence-corrected chi connectivity index (χ0v) is 37.4. The number of para-hydroxylation sites is 2. The lowest BCUT2D eigenvalue weighted by Crippen LogP contribution is -2.16. The van der Waals surface area contributed by atoms with Crippen LogP contribution in [-0.4, -0.2) is 0 Å². The van der Waals surface area contributed by atoms with Crippen molar-refractivity contribution in [2.75, 3.05) is 4.90 Å². The summed E-state index contributed by atoms with van der Waals surface area (Å²) in [6, 6.07) is 86.3. The molecule has 1 aromatic heterocycles. The van der Waals surface area contributed by atoms with Gasteiger partial charge in [0.15, 0.2) is 0 Å². The maximum Gasteiger partial charge on any atom is 0.143 e. The minimum atomic E-state index is -0.118. The maximum absolute atomic E-state index is 6.84. The van der Waals surface area contributed by atoms with Crippen molar-refractivity contribution in [3.05, 3.63) is 248 Å². The number of hydrogen-bond acceptors (Lipinski definition) is 2. The molecule has 13 rings (SSSR count). The molecule has 0 saturated carbocycles. The van der Waals surface area contributed by atoms with E-state index in [1.807, 2.05) is 0 Å². The minimum Gasteiger partial charge on any atom is -0.455 e. The van der Waals surface area contributed by atoms with Crippen molar-refractivity contribution >= 4 is 60.5 Å². The Balaban J connectivity index is 0.938. The third-order valence-electron chi connectivity index (χ3n) is 14.2. The molecule has 67 heavy (non-hydrogen) atoms. The van der Waals surface area contributed by atoms with Gasteiger partial charge in [0.25, 0.3) is 0 Å². The molecule has 2 heteroatoms. The zero-order valence-electron chi connectivity index (χ0n) is 37.4. The molecule has 0 amide bonds. The first-order valence-electron chi connectivity index (χ1n) is 23.2. The molecule has 0 atom stereocenters. The Kier molecular flexibility index (Phi) is 8.91. The maximum atomic E-state index is 6.84. The lowest BCUT2D eigenvalue weighted by molar-refractivity contribution is 0.662. The van der Waals surface area contributed by atoms with Gasteiger partial charge in [-0.15, -0.1) is 0 Å². The van der Waals surface area contributed by atoms with Crippen LogP contribution in [0, 0.1) is 0 Å². The summed E-state index contributed by atoms with van der Waals surface area (Å²) in [6.07, 6.45) is 0. The van der Waals surface area contributed by atoms with Crippen LogP contribution in [-0.2, 0) is 5.41 Å². The van der Waals surface area contributed by atoms with Crippen LogP contribution in [0.1, 0.15) is 25.0 Å². The first kappa shape index (κ1) is 39.0. The van der Waals surface area contributed by atoms with E-state index in [4.69, 9.17) is 4.42 Å². The van der Waals surface area contributed by atoms with Crippen molar-refractivity contribution < 1.29 is 4.42 Å². The molecule has 1 aliphatic rings. The summed E-state index contributed by atoms with van der Waals surface area (Å²) in [7, 11) is 0. The molecule has 0 fully saturated rings. The molecule has 12 aromatic rings. The summed E-state index contributed by atoms with van der Waals surface area (Å²) < 4.78 is 6.84. The molecular formula is C65H45NO. The van der Waals surface area contributed by atoms with Gasteiger partial charge in [-0.05, 0) is 132 Å². The Morgan fingerprint density at radius 1 is 0.343 bits per heavy atom. The fourth-order valence-corrected chi connectivity index (χ4v) is 10.9. The van der Waals surface area contributed by atoms with E-state index in [0.29, 0.717) is 0 Å². The SMILES string of the molecule is CC1(C)c2ccccc2-c2cccc(-c3ccc(N(c4ccc(-c5cccc(-c6ccc7ccccc7c6)c5)cc4)c4ccccc4-c4cccc5c4oc4cc6ccccc6cc45)cc3)c21. The van der Waals surface area contributed by atoms with E-state index in [9.17, 15) is 0 Å². The van der Waals surface area contributed by atoms with Crippen LogP contribution in [0.2, 0.25) is 0 Å². The van der Waals surface area contributed by atoms with E-state index in [2.05, 4.69) is 255 Å². The Bertz CT molecular complexity index is 3890. The van der Waals surface area contributed by atoms with Gasteiger partial charge < -0.3 is 9.32 Å². The summed E-state index contributed by atoms with van der Waals surface area (Å²) in [4.78, 5) is 2.40. The van der Waals surface area contributed by atoms with E-state index in [0.717, 1.165) is 55.7 Å². The van der Waals surface area contributed by atoms with Crippen LogP contribution < -0.4 is 4.90 Å². The number of furan rings is 1. The fraction of sp³-hybridized carbons (Fsp3) is 0.0462. The molecule has 316 valence electrons. The number of hydrogen-bond donors (Lipinski definition) is 0. The van der Waals surface area contributed by atoms with Crippen molar-refractivity contribution in [3.8, 4) is 55.6 Å². The Hall–Kier alpha value is -8.46. The number of anilines is 3. The van der Waals surface area contributed by atoms with Gasteiger partial charge >= 0.3 is 0 Å². The highest BCUT2D eigenvalue weighted by Gasteiger charge is 2.37. The predicted octanol–water partition coefficient (Wildman–Crippen LogP) is 18.3. The van der Waals surface area contributed by atoms with Crippen LogP contribution in [0.15, 0.2) is 241 Å². The van der Waals surface area contributed by atoms with E-state index < -0.39 is 0 Å². The lowest BCUT2D eigenvalue weighted by Gasteiger charge is -2.28. The quantitative estimate of drug-likeness (QED) is 0.159. The van der Waals surface area contributed by atoms with Gasteiger partial charge in [-0.25, -0.2) is 0 Å². The molecule has 0 saturated heterocycles. The summed E-state index contributed by atoms with van der Waals surface area (Å²) in [5, 5.41) is 7.10. The number of rotatable bonds is 7. The standard InChI is InChI=1S/C65H45NO/c1-65(2)60-26-9-7-20-54(60)56-23-12-22-53(63(56)65)44-32-36-52(37-33-44)66(51-34-30-43(31-35-51)46-18-11-19-47(38-46)50-29-28-42-14-3-4-15-45(42)39-50)61-27-10-8-21-55(61)57-24-13-25-58-59-40-48-16-5-6-17-49(48)41-62(59)67-64(57)58/h3-41H,1-2H3. The molecule has 0 unspecified atom stereocenters. The molecule has 2 nitrogen and oxygen atoms in total. The molecule has 1 aliphatic carbocycles. The monoisotopic (exact) mass is 855 g/mol. The number of fused-ring (bicyclic) bond motifs is 8. The fourth-order valence-electron chi connectivity index (χ4n) is 10.9. The molecule has 0 radical (unpaired) electrons. The first-order valence-corrected chi connectivity index (χ1v) is 23.2. The average Bonchev–Trinajstić information content (AvgIpc) is 3.87. The van der Waals surface area contributed by atoms with Gasteiger partial charge in [-0.3, -0.25) is 0 Å². The van der Waals surface area contributed by atoms with Crippen molar-refractivity contribution in [2.24, 2.45) is 0 Å². The van der Waals surface area contributed by atoms with E-state index >= 15 is 0 Å². The second-order valence-electron chi connectivity index (χ2n) is 18.5. The van der Waals surface area contributed by atoms with Gasteiger partial charge in [-0.2, -0.15) is 0 Å². The molecule has 0 spiro atoms. The van der Waals surface area contributed by atoms with Gasteiger partial charge in [0.2, 0.25) is 0 Å². The molecule has 0 bridgehead atoms. The third-order valence-corrected chi connectivity index (χ3v) is 14.2. The molecule has 1 heterocycles.